The SMILES string of the molecule is CC=CC(=O)N(C)Cc1n[nH]c(C)n1. The van der Waals surface area contributed by atoms with Crippen LogP contribution in [-0.4, -0.2) is 33.0 Å². The first-order valence-corrected chi connectivity index (χ1v) is 4.39. The standard InChI is InChI=1S/C9H14N4O/c1-4-5-9(14)13(3)6-8-10-7(2)11-12-8/h4-5H,6H2,1-3H3,(H,10,11,12). The second kappa shape index (κ2) is 4.55. The fourth-order valence-electron chi connectivity index (χ4n) is 1.02. The number of carbonyl (C=O) groups excluding carboxylic acids is 1. The van der Waals surface area contributed by atoms with Gasteiger partial charge in [0, 0.05) is 7.05 Å². The van der Waals surface area contributed by atoms with Crippen LogP contribution in [0.2, 0.25) is 0 Å². The molecule has 0 spiro atoms. The summed E-state index contributed by atoms with van der Waals surface area (Å²) in [6.45, 7) is 4.06. The number of hydrogen-bond acceptors (Lipinski definition) is 3. The van der Waals surface area contributed by atoms with Gasteiger partial charge in [0.25, 0.3) is 0 Å². The minimum atomic E-state index is -0.0463. The fraction of sp³-hybridized carbons (Fsp3) is 0.444. The highest BCUT2D eigenvalue weighted by atomic mass is 16.2. The summed E-state index contributed by atoms with van der Waals surface area (Å²) in [6.07, 6.45) is 3.22. The third-order valence-corrected chi connectivity index (χ3v) is 1.71. The fourth-order valence-corrected chi connectivity index (χ4v) is 1.02. The summed E-state index contributed by atoms with van der Waals surface area (Å²) >= 11 is 0. The molecule has 14 heavy (non-hydrogen) atoms. The number of rotatable bonds is 3. The van der Waals surface area contributed by atoms with Gasteiger partial charge in [-0.2, -0.15) is 5.10 Å². The lowest BCUT2D eigenvalue weighted by atomic mass is 10.4. The van der Waals surface area contributed by atoms with Crippen molar-refractivity contribution in [2.75, 3.05) is 7.05 Å². The highest BCUT2D eigenvalue weighted by molar-refractivity contribution is 5.87. The van der Waals surface area contributed by atoms with E-state index in [0.717, 1.165) is 5.82 Å². The van der Waals surface area contributed by atoms with Crippen molar-refractivity contribution in [2.24, 2.45) is 0 Å². The molecular formula is C9H14N4O. The first-order chi connectivity index (χ1) is 6.63. The Balaban J connectivity index is 2.56. The number of hydrogen-bond donors (Lipinski definition) is 1. The third-order valence-electron chi connectivity index (χ3n) is 1.71. The molecule has 0 aliphatic heterocycles. The van der Waals surface area contributed by atoms with Crippen molar-refractivity contribution < 1.29 is 4.79 Å². The number of carbonyl (C=O) groups is 1. The van der Waals surface area contributed by atoms with E-state index in [1.165, 1.54) is 6.08 Å². The van der Waals surface area contributed by atoms with Crippen molar-refractivity contribution in [3.63, 3.8) is 0 Å². The average molecular weight is 194 g/mol. The normalized spacial score (nSPS) is 10.8. The smallest absolute Gasteiger partial charge is 0.246 e. The Hall–Kier alpha value is -1.65. The third kappa shape index (κ3) is 2.69. The summed E-state index contributed by atoms with van der Waals surface area (Å²) < 4.78 is 0. The van der Waals surface area contributed by atoms with Crippen LogP contribution in [0, 0.1) is 6.92 Å². The number of aryl methyl sites for hydroxylation is 1. The maximum absolute atomic E-state index is 11.3. The van der Waals surface area contributed by atoms with Crippen LogP contribution in [0.3, 0.4) is 0 Å². The van der Waals surface area contributed by atoms with Gasteiger partial charge in [-0.05, 0) is 19.9 Å². The summed E-state index contributed by atoms with van der Waals surface area (Å²) in [6, 6.07) is 0. The van der Waals surface area contributed by atoms with Crippen molar-refractivity contribution in [2.45, 2.75) is 20.4 Å². The highest BCUT2D eigenvalue weighted by Gasteiger charge is 2.08. The van der Waals surface area contributed by atoms with Crippen molar-refractivity contribution in [1.29, 1.82) is 0 Å². The molecule has 0 saturated heterocycles. The van der Waals surface area contributed by atoms with E-state index < -0.39 is 0 Å². The molecule has 1 rings (SSSR count). The van der Waals surface area contributed by atoms with E-state index in [-0.39, 0.29) is 5.91 Å². The average Bonchev–Trinajstić information content (AvgIpc) is 2.51. The van der Waals surface area contributed by atoms with E-state index >= 15 is 0 Å². The minimum Gasteiger partial charge on any atom is -0.335 e. The summed E-state index contributed by atoms with van der Waals surface area (Å²) in [7, 11) is 1.72. The van der Waals surface area contributed by atoms with Gasteiger partial charge in [-0.25, -0.2) is 4.98 Å². The van der Waals surface area contributed by atoms with E-state index in [0.29, 0.717) is 12.4 Å². The largest absolute Gasteiger partial charge is 0.335 e. The Bertz CT molecular complexity index is 342. The van der Waals surface area contributed by atoms with Crippen LogP contribution < -0.4 is 0 Å². The van der Waals surface area contributed by atoms with Gasteiger partial charge < -0.3 is 4.90 Å². The lowest BCUT2D eigenvalue weighted by Crippen LogP contribution is -2.24. The number of nitrogens with zero attached hydrogens (tertiary/aromatic N) is 3. The molecular weight excluding hydrogens is 180 g/mol. The molecule has 1 amide bonds. The summed E-state index contributed by atoms with van der Waals surface area (Å²) in [5.41, 5.74) is 0. The number of likely N-dealkylation sites (N-methyl/N-ethyl adjacent to an activating group) is 1. The van der Waals surface area contributed by atoms with Gasteiger partial charge in [-0.15, -0.1) is 0 Å². The quantitative estimate of drug-likeness (QED) is 0.718. The molecule has 5 nitrogen and oxygen atoms in total. The lowest BCUT2D eigenvalue weighted by molar-refractivity contribution is -0.125. The first-order valence-electron chi connectivity index (χ1n) is 4.39. The van der Waals surface area contributed by atoms with Crippen LogP contribution in [-0.2, 0) is 11.3 Å². The molecule has 0 bridgehead atoms. The molecule has 1 N–H and O–H groups in total. The van der Waals surface area contributed by atoms with Gasteiger partial charge in [-0.1, -0.05) is 6.08 Å². The van der Waals surface area contributed by atoms with Gasteiger partial charge in [0.05, 0.1) is 6.54 Å². The predicted molar refractivity (Wildman–Crippen MR) is 52.4 cm³/mol. The minimum absolute atomic E-state index is 0.0463. The van der Waals surface area contributed by atoms with Crippen LogP contribution in [0.25, 0.3) is 0 Å². The van der Waals surface area contributed by atoms with Crippen LogP contribution in [0.5, 0.6) is 0 Å². The molecule has 0 saturated carbocycles. The number of H-pyrrole nitrogens is 1. The van der Waals surface area contributed by atoms with E-state index in [1.807, 2.05) is 13.8 Å². The number of aromatic amines is 1. The number of nitrogens with one attached hydrogen (secondary N) is 1. The number of allylic oxidation sites excluding steroid dienone is 1. The number of aromatic nitrogens is 3. The van der Waals surface area contributed by atoms with Gasteiger partial charge in [0.15, 0.2) is 5.82 Å². The Morgan fingerprint density at radius 1 is 1.64 bits per heavy atom. The van der Waals surface area contributed by atoms with Crippen molar-refractivity contribution in [3.8, 4) is 0 Å². The summed E-state index contributed by atoms with van der Waals surface area (Å²) in [5.74, 6) is 1.34. The van der Waals surface area contributed by atoms with Gasteiger partial charge in [-0.3, -0.25) is 9.89 Å². The molecule has 0 aliphatic rings. The number of amides is 1. The molecule has 0 fully saturated rings. The zero-order chi connectivity index (χ0) is 10.6. The predicted octanol–water partition coefficient (Wildman–Crippen LogP) is 0.648. The molecule has 0 aliphatic carbocycles. The Morgan fingerprint density at radius 2 is 2.36 bits per heavy atom. The van der Waals surface area contributed by atoms with Crippen molar-refractivity contribution in [3.05, 3.63) is 23.8 Å². The van der Waals surface area contributed by atoms with Gasteiger partial charge >= 0.3 is 0 Å². The molecule has 1 aromatic heterocycles. The maximum Gasteiger partial charge on any atom is 0.246 e. The van der Waals surface area contributed by atoms with Crippen LogP contribution in [0.1, 0.15) is 18.6 Å². The van der Waals surface area contributed by atoms with Crippen molar-refractivity contribution >= 4 is 5.91 Å². The monoisotopic (exact) mass is 194 g/mol. The van der Waals surface area contributed by atoms with E-state index in [9.17, 15) is 4.79 Å². The topological polar surface area (TPSA) is 61.9 Å². The molecule has 1 heterocycles. The Kier molecular flexibility index (Phi) is 3.39. The summed E-state index contributed by atoms with van der Waals surface area (Å²) in [5, 5.41) is 6.67. The Labute approximate surface area is 82.8 Å². The van der Waals surface area contributed by atoms with Crippen LogP contribution >= 0.6 is 0 Å². The second-order valence-electron chi connectivity index (χ2n) is 3.03. The molecule has 0 atom stereocenters. The first kappa shape index (κ1) is 10.4. The van der Waals surface area contributed by atoms with Crippen LogP contribution in [0.15, 0.2) is 12.2 Å². The van der Waals surface area contributed by atoms with E-state index in [1.54, 1.807) is 18.0 Å². The molecule has 76 valence electrons. The molecule has 0 unspecified atom stereocenters. The highest BCUT2D eigenvalue weighted by Crippen LogP contribution is 1.97. The van der Waals surface area contributed by atoms with Gasteiger partial charge in [0.2, 0.25) is 5.91 Å². The zero-order valence-corrected chi connectivity index (χ0v) is 8.61. The maximum atomic E-state index is 11.3. The summed E-state index contributed by atoms with van der Waals surface area (Å²) in [4.78, 5) is 17.0. The molecule has 5 heteroatoms. The molecule has 0 aromatic carbocycles. The van der Waals surface area contributed by atoms with Gasteiger partial charge in [0.1, 0.15) is 5.82 Å². The molecule has 1 aromatic rings. The molecule has 0 radical (unpaired) electrons. The zero-order valence-electron chi connectivity index (χ0n) is 8.61. The Morgan fingerprint density at radius 3 is 2.86 bits per heavy atom. The lowest BCUT2D eigenvalue weighted by Gasteiger charge is -2.11. The van der Waals surface area contributed by atoms with Crippen molar-refractivity contribution in [1.82, 2.24) is 20.1 Å². The second-order valence-corrected chi connectivity index (χ2v) is 3.03. The van der Waals surface area contributed by atoms with E-state index in [2.05, 4.69) is 15.2 Å². The van der Waals surface area contributed by atoms with E-state index in [4.69, 9.17) is 0 Å². The van der Waals surface area contributed by atoms with Crippen LogP contribution in [0.4, 0.5) is 0 Å².